The number of guanidine groups is 1. The minimum atomic E-state index is 0. The van der Waals surface area contributed by atoms with Crippen LogP contribution in [0.5, 0.6) is 5.88 Å². The van der Waals surface area contributed by atoms with Crippen LogP contribution in [0, 0.1) is 0 Å². The third kappa shape index (κ3) is 5.68. The van der Waals surface area contributed by atoms with E-state index in [0.29, 0.717) is 11.9 Å². The normalized spacial score (nSPS) is 25.0. The number of aromatic nitrogens is 1. The summed E-state index contributed by atoms with van der Waals surface area (Å²) in [6, 6.07) is 6.27. The molecule has 26 heavy (non-hydrogen) atoms. The number of hydrogen-bond acceptors (Lipinski definition) is 5. The number of pyridine rings is 1. The van der Waals surface area contributed by atoms with Gasteiger partial charge in [-0.15, -0.1) is 24.0 Å². The van der Waals surface area contributed by atoms with E-state index < -0.39 is 0 Å². The first kappa shape index (κ1) is 21.2. The van der Waals surface area contributed by atoms with Crippen LogP contribution in [-0.2, 0) is 0 Å². The molecule has 1 aromatic heterocycles. The molecule has 1 aromatic rings. The van der Waals surface area contributed by atoms with Gasteiger partial charge < -0.3 is 19.9 Å². The molecule has 2 aliphatic rings. The van der Waals surface area contributed by atoms with E-state index in [0.717, 1.165) is 51.6 Å². The van der Waals surface area contributed by atoms with Crippen molar-refractivity contribution in [3.8, 4) is 5.88 Å². The number of rotatable bonds is 4. The van der Waals surface area contributed by atoms with Gasteiger partial charge in [-0.3, -0.25) is 9.89 Å². The molecule has 1 N–H and O–H groups in total. The molecule has 7 nitrogen and oxygen atoms in total. The van der Waals surface area contributed by atoms with E-state index >= 15 is 0 Å². The predicted molar refractivity (Wildman–Crippen MR) is 116 cm³/mol. The lowest BCUT2D eigenvalue weighted by molar-refractivity contribution is 0.116. The fourth-order valence-corrected chi connectivity index (χ4v) is 3.47. The minimum absolute atomic E-state index is 0. The maximum Gasteiger partial charge on any atom is 0.213 e. The molecule has 0 aromatic carbocycles. The Labute approximate surface area is 173 Å². The van der Waals surface area contributed by atoms with Gasteiger partial charge in [-0.25, -0.2) is 4.98 Å². The van der Waals surface area contributed by atoms with Gasteiger partial charge in [0.15, 0.2) is 5.96 Å². The summed E-state index contributed by atoms with van der Waals surface area (Å²) in [5.74, 6) is 1.66. The summed E-state index contributed by atoms with van der Waals surface area (Å²) in [6.07, 6.45) is 2.92. The van der Waals surface area contributed by atoms with Crippen LogP contribution in [0.2, 0.25) is 0 Å². The number of nitrogens with one attached hydrogen (secondary N) is 1. The number of piperazine rings is 1. The SMILES string of the molecule is CN=C(NCC1CN(C)CCN1C)N1CCC(Oc2ccccn2)C1.I. The molecule has 0 saturated carbocycles. The zero-order chi connectivity index (χ0) is 17.6. The Kier molecular flexibility index (Phi) is 8.36. The van der Waals surface area contributed by atoms with E-state index in [1.54, 1.807) is 6.20 Å². The topological polar surface area (TPSA) is 56.2 Å². The summed E-state index contributed by atoms with van der Waals surface area (Å²) >= 11 is 0. The fourth-order valence-electron chi connectivity index (χ4n) is 3.47. The number of likely N-dealkylation sites (tertiary alicyclic amines) is 1. The second-order valence-electron chi connectivity index (χ2n) is 6.97. The Morgan fingerprint density at radius 2 is 2.12 bits per heavy atom. The molecule has 3 heterocycles. The van der Waals surface area contributed by atoms with E-state index in [-0.39, 0.29) is 30.1 Å². The van der Waals surface area contributed by atoms with Gasteiger partial charge in [-0.05, 0) is 20.2 Å². The van der Waals surface area contributed by atoms with Gasteiger partial charge in [-0.1, -0.05) is 6.07 Å². The van der Waals surface area contributed by atoms with Gasteiger partial charge in [-0.2, -0.15) is 0 Å². The van der Waals surface area contributed by atoms with Crippen LogP contribution in [0.25, 0.3) is 0 Å². The van der Waals surface area contributed by atoms with Crippen LogP contribution in [-0.4, -0.2) is 98.2 Å². The van der Waals surface area contributed by atoms with Crippen molar-refractivity contribution in [1.29, 1.82) is 0 Å². The molecule has 0 radical (unpaired) electrons. The standard InChI is InChI=1S/C18H30N6O.HI/c1-19-18(21-12-15-13-22(2)10-11-23(15)3)24-9-7-16(14-24)25-17-6-4-5-8-20-17;/h4-6,8,15-16H,7,9-14H2,1-3H3,(H,19,21);1H. The molecular formula is C18H31IN6O. The number of nitrogens with zero attached hydrogens (tertiary/aromatic N) is 5. The Hall–Kier alpha value is -1.13. The highest BCUT2D eigenvalue weighted by atomic mass is 127. The molecular weight excluding hydrogens is 443 g/mol. The smallest absolute Gasteiger partial charge is 0.213 e. The van der Waals surface area contributed by atoms with Gasteiger partial charge >= 0.3 is 0 Å². The molecule has 3 rings (SSSR count). The first-order valence-electron chi connectivity index (χ1n) is 9.08. The third-order valence-corrected chi connectivity index (χ3v) is 5.06. The summed E-state index contributed by atoms with van der Waals surface area (Å²) in [5.41, 5.74) is 0. The molecule has 2 fully saturated rings. The van der Waals surface area contributed by atoms with Crippen LogP contribution in [0.3, 0.4) is 0 Å². The van der Waals surface area contributed by atoms with Gasteiger partial charge in [0.05, 0.1) is 6.54 Å². The zero-order valence-electron chi connectivity index (χ0n) is 16.0. The fraction of sp³-hybridized carbons (Fsp3) is 0.667. The van der Waals surface area contributed by atoms with Crippen LogP contribution in [0.1, 0.15) is 6.42 Å². The summed E-state index contributed by atoms with van der Waals surface area (Å²) in [4.78, 5) is 15.8. The van der Waals surface area contributed by atoms with E-state index in [1.807, 2.05) is 25.2 Å². The van der Waals surface area contributed by atoms with Crippen molar-refractivity contribution in [1.82, 2.24) is 25.0 Å². The van der Waals surface area contributed by atoms with Gasteiger partial charge in [0.2, 0.25) is 5.88 Å². The largest absolute Gasteiger partial charge is 0.472 e. The minimum Gasteiger partial charge on any atom is -0.472 e. The summed E-state index contributed by atoms with van der Waals surface area (Å²) in [7, 11) is 6.25. The highest BCUT2D eigenvalue weighted by Crippen LogP contribution is 2.16. The van der Waals surface area contributed by atoms with Crippen molar-refractivity contribution in [3.63, 3.8) is 0 Å². The van der Waals surface area contributed by atoms with Gasteiger partial charge in [0.25, 0.3) is 0 Å². The van der Waals surface area contributed by atoms with Crippen molar-refractivity contribution in [2.24, 2.45) is 4.99 Å². The number of hydrogen-bond donors (Lipinski definition) is 1. The second kappa shape index (κ2) is 10.3. The van der Waals surface area contributed by atoms with Crippen LogP contribution in [0.4, 0.5) is 0 Å². The molecule has 0 spiro atoms. The van der Waals surface area contributed by atoms with Crippen LogP contribution in [0.15, 0.2) is 29.4 Å². The lowest BCUT2D eigenvalue weighted by atomic mass is 10.2. The lowest BCUT2D eigenvalue weighted by Crippen LogP contribution is -2.55. The van der Waals surface area contributed by atoms with Crippen LogP contribution < -0.4 is 10.1 Å². The van der Waals surface area contributed by atoms with E-state index in [2.05, 4.69) is 44.1 Å². The maximum atomic E-state index is 5.98. The first-order chi connectivity index (χ1) is 12.2. The molecule has 146 valence electrons. The van der Waals surface area contributed by atoms with Crippen LogP contribution >= 0.6 is 24.0 Å². The Morgan fingerprint density at radius 1 is 1.27 bits per heavy atom. The number of halogens is 1. The average molecular weight is 474 g/mol. The van der Waals surface area contributed by atoms with Gasteiger partial charge in [0, 0.05) is 64.5 Å². The molecule has 2 atom stereocenters. The van der Waals surface area contributed by atoms with E-state index in [9.17, 15) is 0 Å². The van der Waals surface area contributed by atoms with Crippen molar-refractivity contribution in [2.75, 3.05) is 60.4 Å². The van der Waals surface area contributed by atoms with Gasteiger partial charge in [0.1, 0.15) is 6.10 Å². The second-order valence-corrected chi connectivity index (χ2v) is 6.97. The quantitative estimate of drug-likeness (QED) is 0.399. The maximum absolute atomic E-state index is 5.98. The molecule has 2 unspecified atom stereocenters. The number of ether oxygens (including phenoxy) is 1. The molecule has 2 aliphatic heterocycles. The number of likely N-dealkylation sites (N-methyl/N-ethyl adjacent to an activating group) is 2. The average Bonchev–Trinajstić information content (AvgIpc) is 3.07. The molecule has 2 saturated heterocycles. The highest BCUT2D eigenvalue weighted by molar-refractivity contribution is 14.0. The monoisotopic (exact) mass is 474 g/mol. The Bertz CT molecular complexity index is 572. The van der Waals surface area contributed by atoms with Crippen molar-refractivity contribution in [2.45, 2.75) is 18.6 Å². The number of aliphatic imine (C=N–C) groups is 1. The Balaban J connectivity index is 0.00000243. The molecule has 8 heteroatoms. The predicted octanol–water partition coefficient (Wildman–Crippen LogP) is 0.974. The lowest BCUT2D eigenvalue weighted by Gasteiger charge is -2.38. The van der Waals surface area contributed by atoms with Crippen molar-refractivity contribution >= 4 is 29.9 Å². The van der Waals surface area contributed by atoms with Crippen molar-refractivity contribution < 1.29 is 4.74 Å². The summed E-state index contributed by atoms with van der Waals surface area (Å²) in [6.45, 7) is 6.06. The molecule has 0 aliphatic carbocycles. The Morgan fingerprint density at radius 3 is 2.85 bits per heavy atom. The summed E-state index contributed by atoms with van der Waals surface area (Å²) < 4.78 is 5.98. The summed E-state index contributed by atoms with van der Waals surface area (Å²) in [5, 5.41) is 3.55. The van der Waals surface area contributed by atoms with E-state index in [1.165, 1.54) is 0 Å². The van der Waals surface area contributed by atoms with Crippen molar-refractivity contribution in [3.05, 3.63) is 24.4 Å². The van der Waals surface area contributed by atoms with E-state index in [4.69, 9.17) is 4.74 Å². The molecule has 0 amide bonds. The zero-order valence-corrected chi connectivity index (χ0v) is 18.3. The highest BCUT2D eigenvalue weighted by Gasteiger charge is 2.28. The first-order valence-corrected chi connectivity index (χ1v) is 9.08. The third-order valence-electron chi connectivity index (χ3n) is 5.06. The molecule has 0 bridgehead atoms.